The molecule has 1 aromatic rings. The van der Waals surface area contributed by atoms with Gasteiger partial charge in [-0.2, -0.15) is 4.31 Å². The third-order valence-electron chi connectivity index (χ3n) is 3.92. The van der Waals surface area contributed by atoms with Crippen LogP contribution in [0.25, 0.3) is 0 Å². The SMILES string of the molecule is O=S(=O)(c1c(Cl)cc(Cl)cc1Cl)N1CC2CNCC2C1. The molecule has 0 spiro atoms. The van der Waals surface area contributed by atoms with E-state index >= 15 is 0 Å². The van der Waals surface area contributed by atoms with E-state index in [1.165, 1.54) is 16.4 Å². The van der Waals surface area contributed by atoms with Gasteiger partial charge in [0.1, 0.15) is 4.90 Å². The summed E-state index contributed by atoms with van der Waals surface area (Å²) in [5.74, 6) is 0.740. The summed E-state index contributed by atoms with van der Waals surface area (Å²) in [7, 11) is -3.68. The van der Waals surface area contributed by atoms with Crippen molar-refractivity contribution in [3.63, 3.8) is 0 Å². The molecule has 8 heteroatoms. The second-order valence-corrected chi connectivity index (χ2v) is 8.32. The molecular weight excluding hydrogens is 343 g/mol. The molecule has 0 aromatic heterocycles. The molecular formula is C12H13Cl3N2O2S. The Hall–Kier alpha value is -0.0400. The summed E-state index contributed by atoms with van der Waals surface area (Å²) < 4.78 is 26.9. The zero-order chi connectivity index (χ0) is 14.5. The standard InChI is InChI=1S/C12H13Cl3N2O2S/c13-9-1-10(14)12(11(15)2-9)20(18,19)17-5-7-3-16-4-8(7)6-17/h1-2,7-8,16H,3-6H2. The zero-order valence-electron chi connectivity index (χ0n) is 10.4. The highest BCUT2D eigenvalue weighted by Crippen LogP contribution is 2.37. The molecule has 2 aliphatic rings. The molecule has 20 heavy (non-hydrogen) atoms. The fraction of sp³-hybridized carbons (Fsp3) is 0.500. The molecule has 2 unspecified atom stereocenters. The van der Waals surface area contributed by atoms with Crippen LogP contribution in [0.1, 0.15) is 0 Å². The van der Waals surface area contributed by atoms with Gasteiger partial charge in [0.05, 0.1) is 10.0 Å². The van der Waals surface area contributed by atoms with Gasteiger partial charge in [-0.1, -0.05) is 34.8 Å². The number of sulfonamides is 1. The van der Waals surface area contributed by atoms with Gasteiger partial charge in [-0.25, -0.2) is 8.42 Å². The lowest BCUT2D eigenvalue weighted by molar-refractivity contribution is 0.448. The van der Waals surface area contributed by atoms with Gasteiger partial charge in [-0.15, -0.1) is 0 Å². The van der Waals surface area contributed by atoms with E-state index < -0.39 is 10.0 Å². The van der Waals surface area contributed by atoms with Crippen LogP contribution in [0.4, 0.5) is 0 Å². The largest absolute Gasteiger partial charge is 0.316 e. The van der Waals surface area contributed by atoms with Crippen molar-refractivity contribution < 1.29 is 8.42 Å². The van der Waals surface area contributed by atoms with Crippen molar-refractivity contribution in [2.75, 3.05) is 26.2 Å². The van der Waals surface area contributed by atoms with Gasteiger partial charge >= 0.3 is 0 Å². The lowest BCUT2D eigenvalue weighted by Crippen LogP contribution is -2.32. The highest BCUT2D eigenvalue weighted by atomic mass is 35.5. The Morgan fingerprint density at radius 3 is 2.05 bits per heavy atom. The van der Waals surface area contributed by atoms with Crippen molar-refractivity contribution in [1.82, 2.24) is 9.62 Å². The van der Waals surface area contributed by atoms with E-state index in [0.717, 1.165) is 13.1 Å². The van der Waals surface area contributed by atoms with Crippen LogP contribution in [0.15, 0.2) is 17.0 Å². The first-order chi connectivity index (χ1) is 9.39. The van der Waals surface area contributed by atoms with Crippen LogP contribution >= 0.6 is 34.8 Å². The molecule has 2 fully saturated rings. The molecule has 0 aliphatic carbocycles. The molecule has 0 saturated carbocycles. The van der Waals surface area contributed by atoms with Crippen LogP contribution in [-0.2, 0) is 10.0 Å². The van der Waals surface area contributed by atoms with E-state index in [2.05, 4.69) is 5.32 Å². The Morgan fingerprint density at radius 1 is 1.05 bits per heavy atom. The minimum atomic E-state index is -3.68. The topological polar surface area (TPSA) is 49.4 Å². The quantitative estimate of drug-likeness (QED) is 0.887. The minimum absolute atomic E-state index is 0.0434. The number of rotatable bonds is 2. The van der Waals surface area contributed by atoms with Gasteiger partial charge in [-0.3, -0.25) is 0 Å². The predicted octanol–water partition coefficient (Wildman–Crippen LogP) is 2.49. The lowest BCUT2D eigenvalue weighted by Gasteiger charge is -2.19. The maximum atomic E-state index is 12.7. The summed E-state index contributed by atoms with van der Waals surface area (Å²) in [5, 5.41) is 3.73. The number of benzene rings is 1. The monoisotopic (exact) mass is 354 g/mol. The number of hydrogen-bond acceptors (Lipinski definition) is 3. The molecule has 2 saturated heterocycles. The van der Waals surface area contributed by atoms with Crippen molar-refractivity contribution in [1.29, 1.82) is 0 Å². The van der Waals surface area contributed by atoms with Crippen LogP contribution in [0, 0.1) is 11.8 Å². The highest BCUT2D eigenvalue weighted by Gasteiger charge is 2.42. The molecule has 0 radical (unpaired) electrons. The molecule has 2 atom stereocenters. The zero-order valence-corrected chi connectivity index (χ0v) is 13.5. The molecule has 0 amide bonds. The van der Waals surface area contributed by atoms with Crippen molar-refractivity contribution in [2.45, 2.75) is 4.90 Å². The summed E-state index contributed by atoms with van der Waals surface area (Å²) in [5.41, 5.74) is 0. The fourth-order valence-corrected chi connectivity index (χ4v) is 5.96. The van der Waals surface area contributed by atoms with Gasteiger partial charge < -0.3 is 5.32 Å². The van der Waals surface area contributed by atoms with Crippen molar-refractivity contribution in [3.8, 4) is 0 Å². The molecule has 0 bridgehead atoms. The fourth-order valence-electron chi connectivity index (χ4n) is 2.91. The van der Waals surface area contributed by atoms with E-state index in [9.17, 15) is 8.42 Å². The first-order valence-corrected chi connectivity index (χ1v) is 8.82. The molecule has 110 valence electrons. The van der Waals surface area contributed by atoms with Crippen LogP contribution < -0.4 is 5.32 Å². The Morgan fingerprint density at radius 2 is 1.55 bits per heavy atom. The summed E-state index contributed by atoms with van der Waals surface area (Å²) in [4.78, 5) is -0.0434. The van der Waals surface area contributed by atoms with E-state index in [0.29, 0.717) is 29.9 Å². The molecule has 3 rings (SSSR count). The summed E-state index contributed by atoms with van der Waals surface area (Å²) >= 11 is 17.9. The number of fused-ring (bicyclic) bond motifs is 1. The number of nitrogens with one attached hydrogen (secondary N) is 1. The maximum absolute atomic E-state index is 12.7. The van der Waals surface area contributed by atoms with E-state index in [1.54, 1.807) is 0 Å². The molecule has 2 aliphatic heterocycles. The minimum Gasteiger partial charge on any atom is -0.316 e. The van der Waals surface area contributed by atoms with Crippen LogP contribution in [-0.4, -0.2) is 38.9 Å². The maximum Gasteiger partial charge on any atom is 0.246 e. The van der Waals surface area contributed by atoms with Gasteiger partial charge in [-0.05, 0) is 37.1 Å². The molecule has 4 nitrogen and oxygen atoms in total. The molecule has 1 N–H and O–H groups in total. The summed E-state index contributed by atoms with van der Waals surface area (Å²) in [6, 6.07) is 2.81. The smallest absolute Gasteiger partial charge is 0.246 e. The predicted molar refractivity (Wildman–Crippen MR) is 80.1 cm³/mol. The van der Waals surface area contributed by atoms with Gasteiger partial charge in [0.25, 0.3) is 0 Å². The second kappa shape index (κ2) is 5.30. The second-order valence-electron chi connectivity index (χ2n) is 5.20. The Labute approximate surface area is 133 Å². The normalized spacial score (nSPS) is 26.9. The van der Waals surface area contributed by atoms with E-state index in [1.807, 2.05) is 0 Å². The third-order valence-corrected chi connectivity index (χ3v) is 6.89. The lowest BCUT2D eigenvalue weighted by atomic mass is 10.0. The van der Waals surface area contributed by atoms with Crippen molar-refractivity contribution in [2.24, 2.45) is 11.8 Å². The van der Waals surface area contributed by atoms with Crippen LogP contribution in [0.5, 0.6) is 0 Å². The Kier molecular flexibility index (Phi) is 3.95. The average Bonchev–Trinajstić information content (AvgIpc) is 2.85. The van der Waals surface area contributed by atoms with Crippen molar-refractivity contribution in [3.05, 3.63) is 27.2 Å². The number of halogens is 3. The van der Waals surface area contributed by atoms with E-state index in [-0.39, 0.29) is 14.9 Å². The first kappa shape index (κ1) is 14.9. The Balaban J connectivity index is 1.97. The summed E-state index contributed by atoms with van der Waals surface area (Å²) in [6.45, 7) is 2.74. The van der Waals surface area contributed by atoms with Gasteiger partial charge in [0.2, 0.25) is 10.0 Å². The molecule has 2 heterocycles. The highest BCUT2D eigenvalue weighted by molar-refractivity contribution is 7.89. The Bertz CT molecular complexity index is 615. The van der Waals surface area contributed by atoms with E-state index in [4.69, 9.17) is 34.8 Å². The van der Waals surface area contributed by atoms with Crippen LogP contribution in [0.3, 0.4) is 0 Å². The average molecular weight is 356 g/mol. The molecule has 1 aromatic carbocycles. The van der Waals surface area contributed by atoms with Crippen molar-refractivity contribution >= 4 is 44.8 Å². The number of hydrogen-bond donors (Lipinski definition) is 1. The van der Waals surface area contributed by atoms with Gasteiger partial charge in [0.15, 0.2) is 0 Å². The number of nitrogens with zero attached hydrogens (tertiary/aromatic N) is 1. The van der Waals surface area contributed by atoms with Crippen LogP contribution in [0.2, 0.25) is 15.1 Å². The first-order valence-electron chi connectivity index (χ1n) is 6.25. The van der Waals surface area contributed by atoms with Gasteiger partial charge in [0, 0.05) is 18.1 Å². The third kappa shape index (κ3) is 2.45. The summed E-state index contributed by atoms with van der Waals surface area (Å²) in [6.07, 6.45) is 0.